The summed E-state index contributed by atoms with van der Waals surface area (Å²) in [5, 5.41) is 2.01. The Bertz CT molecular complexity index is 465. The molecule has 0 aliphatic heterocycles. The second kappa shape index (κ2) is 6.12. The molecule has 1 heterocycles. The van der Waals surface area contributed by atoms with E-state index in [9.17, 15) is 22.8 Å². The highest BCUT2D eigenvalue weighted by Crippen LogP contribution is 2.27. The molecule has 0 saturated heterocycles. The molecule has 0 aliphatic rings. The van der Waals surface area contributed by atoms with E-state index in [2.05, 4.69) is 14.7 Å². The van der Waals surface area contributed by atoms with E-state index in [1.165, 1.54) is 6.92 Å². The standard InChI is InChI=1S/C10H10F3N3O3/c1-2-19-9(18)7(15-5-17)8-14-4-3-6(16-8)10(11,12)13/h3-5,7H,2H2,1H3,(H,15,17). The predicted octanol–water partition coefficient (Wildman–Crippen LogP) is 0.846. The van der Waals surface area contributed by atoms with E-state index in [1.54, 1.807) is 0 Å². The Morgan fingerprint density at radius 1 is 1.58 bits per heavy atom. The lowest BCUT2D eigenvalue weighted by Crippen LogP contribution is -2.31. The Balaban J connectivity index is 3.09. The summed E-state index contributed by atoms with van der Waals surface area (Å²) >= 11 is 0. The number of amides is 1. The first-order valence-corrected chi connectivity index (χ1v) is 5.16. The summed E-state index contributed by atoms with van der Waals surface area (Å²) in [5.74, 6) is -1.42. The molecule has 19 heavy (non-hydrogen) atoms. The molecule has 1 N–H and O–H groups in total. The molecule has 0 bridgehead atoms. The molecular formula is C10H10F3N3O3. The maximum absolute atomic E-state index is 12.5. The van der Waals surface area contributed by atoms with E-state index in [1.807, 2.05) is 5.32 Å². The molecule has 0 aromatic carbocycles. The number of hydrogen-bond acceptors (Lipinski definition) is 5. The molecule has 1 unspecified atom stereocenters. The number of hydrogen-bond donors (Lipinski definition) is 1. The van der Waals surface area contributed by atoms with Crippen molar-refractivity contribution in [1.29, 1.82) is 0 Å². The summed E-state index contributed by atoms with van der Waals surface area (Å²) in [6.07, 6.45) is -3.66. The molecule has 6 nitrogen and oxygen atoms in total. The SMILES string of the molecule is CCOC(=O)C(NC=O)c1nccc(C(F)(F)F)n1. The van der Waals surface area contributed by atoms with Gasteiger partial charge < -0.3 is 10.1 Å². The second-order valence-electron chi connectivity index (χ2n) is 3.27. The largest absolute Gasteiger partial charge is 0.464 e. The molecule has 104 valence electrons. The number of aromatic nitrogens is 2. The van der Waals surface area contributed by atoms with Gasteiger partial charge in [-0.25, -0.2) is 14.8 Å². The van der Waals surface area contributed by atoms with Gasteiger partial charge >= 0.3 is 12.1 Å². The summed E-state index contributed by atoms with van der Waals surface area (Å²) in [6.45, 7) is 1.53. The lowest BCUT2D eigenvalue weighted by atomic mass is 10.2. The Labute approximate surface area is 106 Å². The van der Waals surface area contributed by atoms with Crippen molar-refractivity contribution in [3.05, 3.63) is 23.8 Å². The van der Waals surface area contributed by atoms with Crippen molar-refractivity contribution in [3.8, 4) is 0 Å². The van der Waals surface area contributed by atoms with Crippen molar-refractivity contribution in [3.63, 3.8) is 0 Å². The van der Waals surface area contributed by atoms with E-state index >= 15 is 0 Å². The fourth-order valence-electron chi connectivity index (χ4n) is 1.21. The lowest BCUT2D eigenvalue weighted by Gasteiger charge is -2.14. The average Bonchev–Trinajstić information content (AvgIpc) is 2.35. The van der Waals surface area contributed by atoms with Gasteiger partial charge in [-0.2, -0.15) is 13.2 Å². The molecule has 1 rings (SSSR count). The number of esters is 1. The van der Waals surface area contributed by atoms with Gasteiger partial charge in [0.05, 0.1) is 6.61 Å². The zero-order valence-electron chi connectivity index (χ0n) is 9.77. The third-order valence-electron chi connectivity index (χ3n) is 1.98. The third-order valence-corrected chi connectivity index (χ3v) is 1.98. The number of ether oxygens (including phenoxy) is 1. The van der Waals surface area contributed by atoms with Crippen LogP contribution in [0.15, 0.2) is 12.3 Å². The molecule has 0 aliphatic carbocycles. The second-order valence-corrected chi connectivity index (χ2v) is 3.27. The van der Waals surface area contributed by atoms with Crippen LogP contribution in [-0.4, -0.2) is 29.0 Å². The first-order chi connectivity index (χ1) is 8.90. The van der Waals surface area contributed by atoms with Crippen LogP contribution in [0.5, 0.6) is 0 Å². The van der Waals surface area contributed by atoms with Gasteiger partial charge in [0.15, 0.2) is 11.9 Å². The number of nitrogens with zero attached hydrogens (tertiary/aromatic N) is 2. The Kier molecular flexibility index (Phi) is 4.79. The number of rotatable bonds is 5. The van der Waals surface area contributed by atoms with E-state index in [0.29, 0.717) is 6.07 Å². The van der Waals surface area contributed by atoms with Gasteiger partial charge in [-0.05, 0) is 13.0 Å². The molecule has 1 amide bonds. The normalized spacial score (nSPS) is 12.6. The molecule has 9 heteroatoms. The van der Waals surface area contributed by atoms with Crippen molar-refractivity contribution in [2.75, 3.05) is 6.61 Å². The molecular weight excluding hydrogens is 267 g/mol. The zero-order valence-corrected chi connectivity index (χ0v) is 9.77. The average molecular weight is 277 g/mol. The summed E-state index contributed by atoms with van der Waals surface area (Å²) in [6, 6.07) is -0.813. The molecule has 1 aromatic rings. The smallest absolute Gasteiger partial charge is 0.433 e. The van der Waals surface area contributed by atoms with Gasteiger partial charge in [0.1, 0.15) is 5.69 Å². The van der Waals surface area contributed by atoms with Gasteiger partial charge in [-0.1, -0.05) is 0 Å². The van der Waals surface area contributed by atoms with E-state index in [4.69, 9.17) is 0 Å². The van der Waals surface area contributed by atoms with E-state index in [-0.39, 0.29) is 13.0 Å². The van der Waals surface area contributed by atoms with Crippen molar-refractivity contribution >= 4 is 12.4 Å². The van der Waals surface area contributed by atoms with Crippen molar-refractivity contribution in [2.45, 2.75) is 19.1 Å². The van der Waals surface area contributed by atoms with Crippen LogP contribution in [0.3, 0.4) is 0 Å². The van der Waals surface area contributed by atoms with Crippen LogP contribution in [0.25, 0.3) is 0 Å². The van der Waals surface area contributed by atoms with Crippen LogP contribution in [-0.2, 0) is 20.5 Å². The minimum absolute atomic E-state index is 0.00876. The fraction of sp³-hybridized carbons (Fsp3) is 0.400. The zero-order chi connectivity index (χ0) is 14.5. The van der Waals surface area contributed by atoms with Crippen molar-refractivity contribution in [1.82, 2.24) is 15.3 Å². The van der Waals surface area contributed by atoms with Crippen LogP contribution in [0.2, 0.25) is 0 Å². The van der Waals surface area contributed by atoms with Crippen LogP contribution < -0.4 is 5.32 Å². The topological polar surface area (TPSA) is 81.2 Å². The van der Waals surface area contributed by atoms with Gasteiger partial charge in [-0.3, -0.25) is 4.79 Å². The minimum atomic E-state index is -4.67. The highest BCUT2D eigenvalue weighted by Gasteiger charge is 2.34. The minimum Gasteiger partial charge on any atom is -0.464 e. The maximum atomic E-state index is 12.5. The van der Waals surface area contributed by atoms with Crippen LogP contribution >= 0.6 is 0 Å². The summed E-state index contributed by atoms with van der Waals surface area (Å²) < 4.78 is 42.0. The van der Waals surface area contributed by atoms with Crippen LogP contribution in [0, 0.1) is 0 Å². The van der Waals surface area contributed by atoms with Gasteiger partial charge in [-0.15, -0.1) is 0 Å². The number of carbonyl (C=O) groups excluding carboxylic acids is 2. The molecule has 0 fully saturated rings. The molecule has 0 spiro atoms. The van der Waals surface area contributed by atoms with Gasteiger partial charge in [0.2, 0.25) is 6.41 Å². The fourth-order valence-corrected chi connectivity index (χ4v) is 1.21. The molecule has 1 atom stereocenters. The highest BCUT2D eigenvalue weighted by molar-refractivity contribution is 5.78. The third kappa shape index (κ3) is 3.90. The van der Waals surface area contributed by atoms with Crippen molar-refractivity contribution < 1.29 is 27.5 Å². The van der Waals surface area contributed by atoms with E-state index < -0.39 is 29.7 Å². The van der Waals surface area contributed by atoms with Crippen molar-refractivity contribution in [2.24, 2.45) is 0 Å². The highest BCUT2D eigenvalue weighted by atomic mass is 19.4. The molecule has 0 radical (unpaired) electrons. The molecule has 1 aromatic heterocycles. The summed E-state index contributed by atoms with van der Waals surface area (Å²) in [5.41, 5.74) is -1.21. The van der Waals surface area contributed by atoms with Gasteiger partial charge in [0.25, 0.3) is 0 Å². The monoisotopic (exact) mass is 277 g/mol. The number of halogens is 3. The summed E-state index contributed by atoms with van der Waals surface area (Å²) in [4.78, 5) is 28.6. The Morgan fingerprint density at radius 2 is 2.26 bits per heavy atom. The van der Waals surface area contributed by atoms with Crippen LogP contribution in [0.1, 0.15) is 24.5 Å². The maximum Gasteiger partial charge on any atom is 0.433 e. The number of alkyl halides is 3. The lowest BCUT2D eigenvalue weighted by molar-refractivity contribution is -0.147. The molecule has 0 saturated carbocycles. The number of carbonyl (C=O) groups is 2. The first-order valence-electron chi connectivity index (χ1n) is 5.16. The number of nitrogens with one attached hydrogen (secondary N) is 1. The Hall–Kier alpha value is -2.19. The quantitative estimate of drug-likeness (QED) is 0.637. The van der Waals surface area contributed by atoms with E-state index in [0.717, 1.165) is 6.20 Å². The predicted molar refractivity (Wildman–Crippen MR) is 55.6 cm³/mol. The Morgan fingerprint density at radius 3 is 2.79 bits per heavy atom. The van der Waals surface area contributed by atoms with Crippen LogP contribution in [0.4, 0.5) is 13.2 Å². The first kappa shape index (κ1) is 14.9. The van der Waals surface area contributed by atoms with Gasteiger partial charge in [0, 0.05) is 6.20 Å². The summed E-state index contributed by atoms with van der Waals surface area (Å²) in [7, 11) is 0.